The Balaban J connectivity index is 2.99. The summed E-state index contributed by atoms with van der Waals surface area (Å²) < 4.78 is 6.04. The molecule has 0 amide bonds. The van der Waals surface area contributed by atoms with Crippen LogP contribution in [-0.2, 0) is 0 Å². The molecular formula is C10H10BrIO2. The second kappa shape index (κ2) is 5.70. The summed E-state index contributed by atoms with van der Waals surface area (Å²) in [5, 5.41) is 0.694. The van der Waals surface area contributed by atoms with Gasteiger partial charge in [0.2, 0.25) is 0 Å². The Morgan fingerprint density at radius 1 is 1.57 bits per heavy atom. The van der Waals surface area contributed by atoms with Crippen molar-refractivity contribution in [1.82, 2.24) is 0 Å². The number of Topliss-reactive ketones (excluding diaryl/α,β-unsaturated/α-hetero) is 1. The van der Waals surface area contributed by atoms with E-state index in [1.54, 1.807) is 13.2 Å². The van der Waals surface area contributed by atoms with Crippen molar-refractivity contribution in [2.24, 2.45) is 0 Å². The summed E-state index contributed by atoms with van der Waals surface area (Å²) in [6.07, 6.45) is 0.517. The molecule has 0 fully saturated rings. The van der Waals surface area contributed by atoms with E-state index < -0.39 is 0 Å². The molecule has 0 aliphatic heterocycles. The Morgan fingerprint density at radius 2 is 2.29 bits per heavy atom. The molecule has 1 aromatic carbocycles. The zero-order valence-corrected chi connectivity index (χ0v) is 11.5. The number of hydrogen-bond donors (Lipinski definition) is 0. The highest BCUT2D eigenvalue weighted by molar-refractivity contribution is 14.1. The summed E-state index contributed by atoms with van der Waals surface area (Å²) >= 11 is 5.41. The van der Waals surface area contributed by atoms with Crippen LogP contribution in [0.4, 0.5) is 0 Å². The van der Waals surface area contributed by atoms with Gasteiger partial charge in [0, 0.05) is 20.9 Å². The van der Waals surface area contributed by atoms with Crippen molar-refractivity contribution in [2.45, 2.75) is 6.42 Å². The maximum Gasteiger partial charge on any atom is 0.164 e. The highest BCUT2D eigenvalue weighted by Gasteiger charge is 2.10. The molecule has 0 bridgehead atoms. The average molecular weight is 369 g/mol. The summed E-state index contributed by atoms with van der Waals surface area (Å²) in [6, 6.07) is 5.53. The quantitative estimate of drug-likeness (QED) is 0.463. The standard InChI is InChI=1S/C10H10BrIO2/c1-14-7-2-3-9(12)8(6-7)10(13)4-5-11/h2-3,6H,4-5H2,1H3. The van der Waals surface area contributed by atoms with E-state index in [9.17, 15) is 4.79 Å². The van der Waals surface area contributed by atoms with Crippen LogP contribution in [0.3, 0.4) is 0 Å². The lowest BCUT2D eigenvalue weighted by Crippen LogP contribution is -2.02. The fraction of sp³-hybridized carbons (Fsp3) is 0.300. The first-order valence-corrected chi connectivity index (χ1v) is 6.31. The van der Waals surface area contributed by atoms with Crippen LogP contribution in [0.5, 0.6) is 5.75 Å². The molecule has 0 spiro atoms. The molecule has 0 saturated heterocycles. The third-order valence-corrected chi connectivity index (χ3v) is 3.13. The number of ketones is 1. The largest absolute Gasteiger partial charge is 0.497 e. The lowest BCUT2D eigenvalue weighted by atomic mass is 10.1. The van der Waals surface area contributed by atoms with E-state index in [0.717, 1.165) is 14.9 Å². The summed E-state index contributed by atoms with van der Waals surface area (Å²) in [4.78, 5) is 11.6. The van der Waals surface area contributed by atoms with Crippen LogP contribution in [0, 0.1) is 3.57 Å². The Kier molecular flexibility index (Phi) is 4.88. The molecule has 2 nitrogen and oxygen atoms in total. The maximum absolute atomic E-state index is 11.6. The summed E-state index contributed by atoms with van der Waals surface area (Å²) in [6.45, 7) is 0. The van der Waals surface area contributed by atoms with Crippen LogP contribution in [0.25, 0.3) is 0 Å². The monoisotopic (exact) mass is 368 g/mol. The number of ether oxygens (including phenoxy) is 1. The molecule has 0 aromatic heterocycles. The Morgan fingerprint density at radius 3 is 2.86 bits per heavy atom. The zero-order chi connectivity index (χ0) is 10.6. The Labute approximate surface area is 105 Å². The van der Waals surface area contributed by atoms with Gasteiger partial charge >= 0.3 is 0 Å². The van der Waals surface area contributed by atoms with E-state index in [0.29, 0.717) is 11.8 Å². The molecule has 0 unspecified atom stereocenters. The minimum Gasteiger partial charge on any atom is -0.497 e. The van der Waals surface area contributed by atoms with Crippen molar-refractivity contribution in [3.05, 3.63) is 27.3 Å². The van der Waals surface area contributed by atoms with Crippen molar-refractivity contribution in [1.29, 1.82) is 0 Å². The van der Waals surface area contributed by atoms with E-state index in [-0.39, 0.29) is 5.78 Å². The van der Waals surface area contributed by atoms with E-state index in [1.165, 1.54) is 0 Å². The number of halogens is 2. The number of alkyl halides is 1. The zero-order valence-electron chi connectivity index (χ0n) is 7.72. The second-order valence-corrected chi connectivity index (χ2v) is 4.66. The maximum atomic E-state index is 11.6. The Hall–Kier alpha value is -0.100. The number of methoxy groups -OCH3 is 1. The Bertz CT molecular complexity index is 339. The number of carbonyl (C=O) groups is 1. The molecule has 0 saturated carbocycles. The highest BCUT2D eigenvalue weighted by Crippen LogP contribution is 2.20. The van der Waals surface area contributed by atoms with Gasteiger partial charge in [-0.25, -0.2) is 0 Å². The van der Waals surface area contributed by atoms with Gasteiger partial charge in [-0.1, -0.05) is 15.9 Å². The van der Waals surface area contributed by atoms with Gasteiger partial charge in [-0.3, -0.25) is 4.79 Å². The first kappa shape index (κ1) is 12.0. The molecule has 0 N–H and O–H groups in total. The van der Waals surface area contributed by atoms with E-state index in [1.807, 2.05) is 12.1 Å². The van der Waals surface area contributed by atoms with Crippen LogP contribution < -0.4 is 4.74 Å². The second-order valence-electron chi connectivity index (χ2n) is 2.71. The molecule has 0 aliphatic carbocycles. The van der Waals surface area contributed by atoms with Gasteiger partial charge < -0.3 is 4.74 Å². The van der Waals surface area contributed by atoms with Crippen molar-refractivity contribution in [3.63, 3.8) is 0 Å². The highest BCUT2D eigenvalue weighted by atomic mass is 127. The van der Waals surface area contributed by atoms with Crippen molar-refractivity contribution in [3.8, 4) is 5.75 Å². The van der Waals surface area contributed by atoms with E-state index in [4.69, 9.17) is 4.74 Å². The number of rotatable bonds is 4. The molecule has 4 heteroatoms. The molecule has 0 aliphatic rings. The lowest BCUT2D eigenvalue weighted by molar-refractivity contribution is 0.0988. The molecule has 0 atom stereocenters. The van der Waals surface area contributed by atoms with Gasteiger partial charge in [-0.2, -0.15) is 0 Å². The summed E-state index contributed by atoms with van der Waals surface area (Å²) in [5.74, 6) is 0.869. The first-order chi connectivity index (χ1) is 6.69. The van der Waals surface area contributed by atoms with Gasteiger partial charge in [0.1, 0.15) is 5.75 Å². The number of benzene rings is 1. The van der Waals surface area contributed by atoms with Gasteiger partial charge in [0.25, 0.3) is 0 Å². The summed E-state index contributed by atoms with van der Waals surface area (Å²) in [5.41, 5.74) is 0.740. The van der Waals surface area contributed by atoms with Crippen LogP contribution in [0.2, 0.25) is 0 Å². The molecule has 1 aromatic rings. The summed E-state index contributed by atoms with van der Waals surface area (Å²) in [7, 11) is 1.60. The van der Waals surface area contributed by atoms with Gasteiger partial charge in [0.15, 0.2) is 5.78 Å². The first-order valence-electron chi connectivity index (χ1n) is 4.11. The average Bonchev–Trinajstić information content (AvgIpc) is 2.19. The topological polar surface area (TPSA) is 26.3 Å². The molecular weight excluding hydrogens is 359 g/mol. The predicted molar refractivity (Wildman–Crippen MR) is 68.5 cm³/mol. The third-order valence-electron chi connectivity index (χ3n) is 1.80. The number of carbonyl (C=O) groups excluding carboxylic acids is 1. The van der Waals surface area contributed by atoms with Gasteiger partial charge in [-0.15, -0.1) is 0 Å². The molecule has 14 heavy (non-hydrogen) atoms. The molecule has 1 rings (SSSR count). The predicted octanol–water partition coefficient (Wildman–Crippen LogP) is 3.27. The van der Waals surface area contributed by atoms with Crippen molar-refractivity contribution >= 4 is 44.3 Å². The van der Waals surface area contributed by atoms with Crippen molar-refractivity contribution < 1.29 is 9.53 Å². The van der Waals surface area contributed by atoms with Crippen LogP contribution in [0.15, 0.2) is 18.2 Å². The minimum absolute atomic E-state index is 0.144. The van der Waals surface area contributed by atoms with Gasteiger partial charge in [-0.05, 0) is 40.8 Å². The normalized spacial score (nSPS) is 9.93. The fourth-order valence-electron chi connectivity index (χ4n) is 1.07. The molecule has 76 valence electrons. The van der Waals surface area contributed by atoms with E-state index in [2.05, 4.69) is 38.5 Å². The molecule has 0 radical (unpaired) electrons. The SMILES string of the molecule is COc1ccc(I)c(C(=O)CCBr)c1. The third kappa shape index (κ3) is 2.95. The van der Waals surface area contributed by atoms with Crippen LogP contribution >= 0.6 is 38.5 Å². The number of hydrogen-bond acceptors (Lipinski definition) is 2. The van der Waals surface area contributed by atoms with Gasteiger partial charge in [0.05, 0.1) is 7.11 Å². The van der Waals surface area contributed by atoms with E-state index >= 15 is 0 Å². The van der Waals surface area contributed by atoms with Crippen LogP contribution in [-0.4, -0.2) is 18.2 Å². The smallest absolute Gasteiger partial charge is 0.164 e. The lowest BCUT2D eigenvalue weighted by Gasteiger charge is -2.05. The van der Waals surface area contributed by atoms with Crippen LogP contribution in [0.1, 0.15) is 16.8 Å². The van der Waals surface area contributed by atoms with Crippen molar-refractivity contribution in [2.75, 3.05) is 12.4 Å². The minimum atomic E-state index is 0.144. The fourth-order valence-corrected chi connectivity index (χ4v) is 2.06. The molecule has 0 heterocycles.